The molecule has 10 heteroatoms. The van der Waals surface area contributed by atoms with Gasteiger partial charge in [-0.05, 0) is 17.7 Å². The molecule has 0 aliphatic rings. The first-order chi connectivity index (χ1) is 10.3. The second-order valence-electron chi connectivity index (χ2n) is 4.37. The van der Waals surface area contributed by atoms with Crippen LogP contribution in [0.4, 0.5) is 9.18 Å². The van der Waals surface area contributed by atoms with Crippen molar-refractivity contribution in [2.45, 2.75) is 11.2 Å². The van der Waals surface area contributed by atoms with Crippen molar-refractivity contribution in [2.75, 3.05) is 6.26 Å². The Bertz CT molecular complexity index is 778. The van der Waals surface area contributed by atoms with E-state index in [0.29, 0.717) is 5.56 Å². The van der Waals surface area contributed by atoms with Crippen molar-refractivity contribution in [2.24, 2.45) is 0 Å². The molecule has 0 aliphatic carbocycles. The fourth-order valence-corrected chi connectivity index (χ4v) is 2.12. The summed E-state index contributed by atoms with van der Waals surface area (Å²) in [5.74, 6) is -0.477. The molecule has 1 aromatic heterocycles. The van der Waals surface area contributed by atoms with Crippen molar-refractivity contribution in [1.82, 2.24) is 20.5 Å². The number of rotatable bonds is 4. The SMILES string of the molecule is CS(=O)(=O)c1ncc(C(NC(=O)O)c2ccc(F)cc2)nn1. The highest BCUT2D eigenvalue weighted by atomic mass is 32.2. The Labute approximate surface area is 125 Å². The molecule has 0 spiro atoms. The molecule has 1 heterocycles. The first-order valence-electron chi connectivity index (χ1n) is 5.92. The van der Waals surface area contributed by atoms with Gasteiger partial charge >= 0.3 is 6.09 Å². The molecule has 8 nitrogen and oxygen atoms in total. The third-order valence-electron chi connectivity index (χ3n) is 2.66. The molecule has 0 saturated heterocycles. The van der Waals surface area contributed by atoms with Crippen LogP contribution in [0, 0.1) is 5.82 Å². The Morgan fingerprint density at radius 2 is 1.91 bits per heavy atom. The van der Waals surface area contributed by atoms with E-state index in [9.17, 15) is 17.6 Å². The molecule has 1 atom stereocenters. The molecule has 0 fully saturated rings. The van der Waals surface area contributed by atoms with Crippen molar-refractivity contribution in [3.63, 3.8) is 0 Å². The van der Waals surface area contributed by atoms with Gasteiger partial charge in [0.25, 0.3) is 5.16 Å². The predicted molar refractivity (Wildman–Crippen MR) is 72.3 cm³/mol. The van der Waals surface area contributed by atoms with Crippen LogP contribution in [0.5, 0.6) is 0 Å². The number of carboxylic acid groups (broad SMARTS) is 1. The van der Waals surface area contributed by atoms with Gasteiger partial charge < -0.3 is 10.4 Å². The molecule has 0 radical (unpaired) electrons. The summed E-state index contributed by atoms with van der Waals surface area (Å²) < 4.78 is 35.5. The number of hydrogen-bond acceptors (Lipinski definition) is 6. The normalized spacial score (nSPS) is 12.6. The lowest BCUT2D eigenvalue weighted by atomic mass is 10.0. The lowest BCUT2D eigenvalue weighted by molar-refractivity contribution is 0.191. The number of sulfone groups is 1. The van der Waals surface area contributed by atoms with Crippen molar-refractivity contribution >= 4 is 15.9 Å². The quantitative estimate of drug-likeness (QED) is 0.851. The first-order valence-corrected chi connectivity index (χ1v) is 7.81. The van der Waals surface area contributed by atoms with E-state index in [1.165, 1.54) is 12.1 Å². The van der Waals surface area contributed by atoms with Crippen LogP contribution in [0.3, 0.4) is 0 Å². The summed E-state index contributed by atoms with van der Waals surface area (Å²) in [5.41, 5.74) is 0.494. The van der Waals surface area contributed by atoms with Crippen molar-refractivity contribution in [1.29, 1.82) is 0 Å². The molecule has 0 aliphatic heterocycles. The number of halogens is 1. The zero-order valence-electron chi connectivity index (χ0n) is 11.3. The molecule has 2 rings (SSSR count). The summed E-state index contributed by atoms with van der Waals surface area (Å²) in [4.78, 5) is 14.6. The molecule has 1 unspecified atom stereocenters. The highest BCUT2D eigenvalue weighted by Gasteiger charge is 2.20. The van der Waals surface area contributed by atoms with Gasteiger partial charge in [0.15, 0.2) is 0 Å². The van der Waals surface area contributed by atoms with E-state index in [1.54, 1.807) is 0 Å². The monoisotopic (exact) mass is 326 g/mol. The summed E-state index contributed by atoms with van der Waals surface area (Å²) in [5, 5.41) is 17.8. The number of benzene rings is 1. The number of amides is 1. The maximum atomic E-state index is 13.0. The van der Waals surface area contributed by atoms with Crippen molar-refractivity contribution < 1.29 is 22.7 Å². The third kappa shape index (κ3) is 3.73. The minimum Gasteiger partial charge on any atom is -0.465 e. The lowest BCUT2D eigenvalue weighted by Crippen LogP contribution is -2.29. The van der Waals surface area contributed by atoms with Crippen LogP contribution in [0.15, 0.2) is 35.6 Å². The minimum atomic E-state index is -3.61. The van der Waals surface area contributed by atoms with E-state index in [2.05, 4.69) is 20.5 Å². The van der Waals surface area contributed by atoms with E-state index in [0.717, 1.165) is 24.6 Å². The molecule has 0 bridgehead atoms. The average molecular weight is 326 g/mol. The van der Waals surface area contributed by atoms with Gasteiger partial charge in [0.1, 0.15) is 17.6 Å². The Morgan fingerprint density at radius 3 is 2.36 bits per heavy atom. The van der Waals surface area contributed by atoms with Crippen LogP contribution in [-0.4, -0.2) is 41.1 Å². The van der Waals surface area contributed by atoms with Gasteiger partial charge in [0.2, 0.25) is 9.84 Å². The van der Waals surface area contributed by atoms with E-state index < -0.39 is 32.9 Å². The number of hydrogen-bond donors (Lipinski definition) is 2. The molecule has 2 aromatic rings. The topological polar surface area (TPSA) is 122 Å². The maximum absolute atomic E-state index is 13.0. The number of nitrogens with one attached hydrogen (secondary N) is 1. The van der Waals surface area contributed by atoms with Crippen LogP contribution in [0.1, 0.15) is 17.3 Å². The summed E-state index contributed by atoms with van der Waals surface area (Å²) in [6.07, 6.45) is 0.701. The summed E-state index contributed by atoms with van der Waals surface area (Å²) in [6.45, 7) is 0. The fourth-order valence-electron chi connectivity index (χ4n) is 1.68. The lowest BCUT2D eigenvalue weighted by Gasteiger charge is -2.16. The first kappa shape index (κ1) is 15.8. The molecular formula is C12H11FN4O4S. The molecule has 116 valence electrons. The maximum Gasteiger partial charge on any atom is 0.405 e. The Balaban J connectivity index is 2.41. The van der Waals surface area contributed by atoms with Gasteiger partial charge in [-0.25, -0.2) is 22.6 Å². The predicted octanol–water partition coefficient (Wildman–Crippen LogP) is 0.771. The summed E-state index contributed by atoms with van der Waals surface area (Å²) in [7, 11) is -3.61. The fraction of sp³-hybridized carbons (Fsp3) is 0.167. The second kappa shape index (κ2) is 6.02. The van der Waals surface area contributed by atoms with Crippen LogP contribution >= 0.6 is 0 Å². The molecule has 1 aromatic carbocycles. The van der Waals surface area contributed by atoms with E-state index >= 15 is 0 Å². The molecule has 1 amide bonds. The van der Waals surface area contributed by atoms with Gasteiger partial charge in [0, 0.05) is 6.26 Å². The number of nitrogens with zero attached hydrogens (tertiary/aromatic N) is 3. The van der Waals surface area contributed by atoms with Crippen LogP contribution in [-0.2, 0) is 9.84 Å². The Morgan fingerprint density at radius 1 is 1.27 bits per heavy atom. The Kier molecular flexibility index (Phi) is 4.31. The molecular weight excluding hydrogens is 315 g/mol. The molecule has 0 saturated carbocycles. The minimum absolute atomic E-state index is 0.0846. The summed E-state index contributed by atoms with van der Waals surface area (Å²) >= 11 is 0. The average Bonchev–Trinajstić information content (AvgIpc) is 2.45. The van der Waals surface area contributed by atoms with Crippen molar-refractivity contribution in [3.05, 3.63) is 47.5 Å². The van der Waals surface area contributed by atoms with Gasteiger partial charge in [-0.3, -0.25) is 0 Å². The van der Waals surface area contributed by atoms with E-state index in [1.807, 2.05) is 0 Å². The second-order valence-corrected chi connectivity index (χ2v) is 6.28. The number of aromatic nitrogens is 3. The largest absolute Gasteiger partial charge is 0.465 e. The van der Waals surface area contributed by atoms with Gasteiger partial charge in [-0.1, -0.05) is 12.1 Å². The van der Waals surface area contributed by atoms with Crippen LogP contribution < -0.4 is 5.32 Å². The Hall–Kier alpha value is -2.62. The van der Waals surface area contributed by atoms with E-state index in [4.69, 9.17) is 5.11 Å². The number of carbonyl (C=O) groups is 1. The highest BCUT2D eigenvalue weighted by molar-refractivity contribution is 7.90. The van der Waals surface area contributed by atoms with Gasteiger partial charge in [0.05, 0.1) is 6.20 Å². The molecule has 2 N–H and O–H groups in total. The highest BCUT2D eigenvalue weighted by Crippen LogP contribution is 2.20. The standard InChI is InChI=1S/C12H11FN4O4S/c1-22(20,21)11-14-6-9(16-17-11)10(15-12(18)19)7-2-4-8(13)5-3-7/h2-6,10,15H,1H3,(H,18,19). The van der Waals surface area contributed by atoms with Crippen LogP contribution in [0.25, 0.3) is 0 Å². The molecule has 22 heavy (non-hydrogen) atoms. The third-order valence-corrected chi connectivity index (χ3v) is 3.51. The summed E-state index contributed by atoms with van der Waals surface area (Å²) in [6, 6.07) is 4.13. The smallest absolute Gasteiger partial charge is 0.405 e. The van der Waals surface area contributed by atoms with Crippen molar-refractivity contribution in [3.8, 4) is 0 Å². The zero-order chi connectivity index (χ0) is 16.3. The van der Waals surface area contributed by atoms with Crippen LogP contribution in [0.2, 0.25) is 0 Å². The van der Waals surface area contributed by atoms with Gasteiger partial charge in [-0.15, -0.1) is 10.2 Å². The van der Waals surface area contributed by atoms with Gasteiger partial charge in [-0.2, -0.15) is 0 Å². The van der Waals surface area contributed by atoms with E-state index in [-0.39, 0.29) is 5.69 Å². The zero-order valence-corrected chi connectivity index (χ0v) is 12.1.